The molecule has 1 atom stereocenters. The van der Waals surface area contributed by atoms with Crippen LogP contribution < -0.4 is 10.0 Å². The van der Waals surface area contributed by atoms with E-state index in [4.69, 9.17) is 0 Å². The molecule has 0 aliphatic heterocycles. The van der Waals surface area contributed by atoms with Gasteiger partial charge in [-0.25, -0.2) is 12.8 Å². The highest BCUT2D eigenvalue weighted by Gasteiger charge is 2.24. The number of rotatable bonds is 5. The fraction of sp³-hybridized carbons (Fsp3) is 0.231. The summed E-state index contributed by atoms with van der Waals surface area (Å²) >= 11 is 0. The number of aromatic nitrogens is 2. The maximum absolute atomic E-state index is 13.6. The van der Waals surface area contributed by atoms with E-state index in [9.17, 15) is 17.6 Å². The van der Waals surface area contributed by atoms with Crippen molar-refractivity contribution in [3.05, 3.63) is 42.3 Å². The minimum absolute atomic E-state index is 0.296. The molecule has 118 valence electrons. The average molecular weight is 326 g/mol. The highest BCUT2D eigenvalue weighted by molar-refractivity contribution is 7.89. The van der Waals surface area contributed by atoms with Crippen molar-refractivity contribution < 1.29 is 17.6 Å². The van der Waals surface area contributed by atoms with Gasteiger partial charge in [0.25, 0.3) is 0 Å². The van der Waals surface area contributed by atoms with Crippen molar-refractivity contribution in [1.82, 2.24) is 14.5 Å². The van der Waals surface area contributed by atoms with Crippen LogP contribution in [0.5, 0.6) is 0 Å². The Bertz CT molecular complexity index is 788. The molecular weight excluding hydrogens is 311 g/mol. The number of amides is 1. The van der Waals surface area contributed by atoms with E-state index in [0.717, 1.165) is 12.1 Å². The number of hydrogen-bond donors (Lipinski definition) is 2. The van der Waals surface area contributed by atoms with Gasteiger partial charge in [0.05, 0.1) is 6.04 Å². The molecule has 0 bridgehead atoms. The summed E-state index contributed by atoms with van der Waals surface area (Å²) in [7, 11) is -2.45. The van der Waals surface area contributed by atoms with Crippen LogP contribution in [-0.2, 0) is 21.9 Å². The minimum Gasteiger partial charge on any atom is -0.308 e. The van der Waals surface area contributed by atoms with Gasteiger partial charge in [0, 0.05) is 19.3 Å². The first-order valence-corrected chi connectivity index (χ1v) is 7.85. The molecule has 9 heteroatoms. The standard InChI is InChI=1S/C13H15FN4O3S/c1-9(13(19)15-12-7-8-18(2)16-12)17-22(20,21)11-6-4-3-5-10(11)14/h3-9,17H,1-2H3,(H,15,16,19)/t9-/m0/s1. The van der Waals surface area contributed by atoms with E-state index in [1.807, 2.05) is 0 Å². The zero-order valence-corrected chi connectivity index (χ0v) is 12.8. The smallest absolute Gasteiger partial charge is 0.244 e. The summed E-state index contributed by atoms with van der Waals surface area (Å²) in [5.74, 6) is -1.18. The van der Waals surface area contributed by atoms with Gasteiger partial charge in [0.1, 0.15) is 10.7 Å². The van der Waals surface area contributed by atoms with E-state index < -0.39 is 32.7 Å². The largest absolute Gasteiger partial charge is 0.308 e. The summed E-state index contributed by atoms with van der Waals surface area (Å²) in [4.78, 5) is 11.4. The summed E-state index contributed by atoms with van der Waals surface area (Å²) in [6, 6.07) is 5.41. The molecule has 2 N–H and O–H groups in total. The number of halogens is 1. The molecule has 7 nitrogen and oxygen atoms in total. The van der Waals surface area contributed by atoms with Crippen LogP contribution in [0.15, 0.2) is 41.4 Å². The molecule has 0 saturated heterocycles. The van der Waals surface area contributed by atoms with Gasteiger partial charge in [-0.2, -0.15) is 9.82 Å². The SMILES string of the molecule is C[C@H](NS(=O)(=O)c1ccccc1F)C(=O)Nc1ccn(C)n1. The molecule has 1 amide bonds. The lowest BCUT2D eigenvalue weighted by molar-refractivity contribution is -0.117. The maximum Gasteiger partial charge on any atom is 0.244 e. The number of carbonyl (C=O) groups excluding carboxylic acids is 1. The second-order valence-corrected chi connectivity index (χ2v) is 6.32. The molecule has 0 spiro atoms. The van der Waals surface area contributed by atoms with Crippen LogP contribution in [0.25, 0.3) is 0 Å². The summed E-state index contributed by atoms with van der Waals surface area (Å²) in [6.45, 7) is 1.36. The molecule has 0 saturated carbocycles. The van der Waals surface area contributed by atoms with E-state index in [2.05, 4.69) is 15.1 Å². The zero-order valence-electron chi connectivity index (χ0n) is 11.9. The number of nitrogens with zero attached hydrogens (tertiary/aromatic N) is 2. The molecule has 0 unspecified atom stereocenters. The van der Waals surface area contributed by atoms with Crippen molar-refractivity contribution in [2.45, 2.75) is 17.9 Å². The molecule has 1 aromatic carbocycles. The van der Waals surface area contributed by atoms with Crippen LogP contribution in [0.1, 0.15) is 6.92 Å². The van der Waals surface area contributed by atoms with Crippen molar-refractivity contribution in [3.63, 3.8) is 0 Å². The second-order valence-electron chi connectivity index (χ2n) is 4.64. The normalized spacial score (nSPS) is 12.9. The molecule has 0 aliphatic rings. The lowest BCUT2D eigenvalue weighted by Gasteiger charge is -2.13. The molecular formula is C13H15FN4O3S. The monoisotopic (exact) mass is 326 g/mol. The van der Waals surface area contributed by atoms with E-state index in [0.29, 0.717) is 5.82 Å². The Kier molecular flexibility index (Phi) is 4.57. The third-order valence-corrected chi connectivity index (χ3v) is 4.39. The zero-order chi connectivity index (χ0) is 16.3. The van der Waals surface area contributed by atoms with Crippen LogP contribution >= 0.6 is 0 Å². The lowest BCUT2D eigenvalue weighted by atomic mass is 10.3. The molecule has 2 rings (SSSR count). The second kappa shape index (κ2) is 6.24. The lowest BCUT2D eigenvalue weighted by Crippen LogP contribution is -2.41. The Labute approximate surface area is 127 Å². The fourth-order valence-electron chi connectivity index (χ4n) is 1.73. The molecule has 0 radical (unpaired) electrons. The highest BCUT2D eigenvalue weighted by Crippen LogP contribution is 2.14. The van der Waals surface area contributed by atoms with Crippen LogP contribution in [0, 0.1) is 5.82 Å². The fourth-order valence-corrected chi connectivity index (χ4v) is 3.01. The first kappa shape index (κ1) is 16.1. The van der Waals surface area contributed by atoms with Crippen LogP contribution in [0.2, 0.25) is 0 Å². The topological polar surface area (TPSA) is 93.1 Å². The van der Waals surface area contributed by atoms with E-state index in [-0.39, 0.29) is 0 Å². The molecule has 0 fully saturated rings. The number of nitrogens with one attached hydrogen (secondary N) is 2. The van der Waals surface area contributed by atoms with E-state index in [1.165, 1.54) is 23.7 Å². The van der Waals surface area contributed by atoms with Crippen molar-refractivity contribution in [1.29, 1.82) is 0 Å². The molecule has 2 aromatic rings. The first-order valence-electron chi connectivity index (χ1n) is 6.37. The molecule has 1 heterocycles. The number of aryl methyl sites for hydroxylation is 1. The summed E-state index contributed by atoms with van der Waals surface area (Å²) in [5.41, 5.74) is 0. The summed E-state index contributed by atoms with van der Waals surface area (Å²) in [6.07, 6.45) is 1.63. The number of carbonyl (C=O) groups is 1. The van der Waals surface area contributed by atoms with Gasteiger partial charge >= 0.3 is 0 Å². The van der Waals surface area contributed by atoms with Crippen molar-refractivity contribution in [3.8, 4) is 0 Å². The number of sulfonamides is 1. The number of anilines is 1. The maximum atomic E-state index is 13.6. The molecule has 0 aliphatic carbocycles. The van der Waals surface area contributed by atoms with Crippen molar-refractivity contribution >= 4 is 21.7 Å². The van der Waals surface area contributed by atoms with Crippen molar-refractivity contribution in [2.24, 2.45) is 7.05 Å². The van der Waals surface area contributed by atoms with Gasteiger partial charge < -0.3 is 5.32 Å². The number of hydrogen-bond acceptors (Lipinski definition) is 4. The minimum atomic E-state index is -4.13. The van der Waals surface area contributed by atoms with Crippen molar-refractivity contribution in [2.75, 3.05) is 5.32 Å². The third kappa shape index (κ3) is 3.68. The van der Waals surface area contributed by atoms with E-state index >= 15 is 0 Å². The quantitative estimate of drug-likeness (QED) is 0.852. The Morgan fingerprint density at radius 1 is 1.32 bits per heavy atom. The van der Waals surface area contributed by atoms with Gasteiger partial charge in [-0.15, -0.1) is 0 Å². The third-order valence-electron chi connectivity index (χ3n) is 2.82. The Hall–Kier alpha value is -2.26. The van der Waals surface area contributed by atoms with Gasteiger partial charge in [0.15, 0.2) is 5.82 Å². The average Bonchev–Trinajstić information content (AvgIpc) is 2.83. The van der Waals surface area contributed by atoms with Gasteiger partial charge in [0.2, 0.25) is 15.9 Å². The summed E-state index contributed by atoms with van der Waals surface area (Å²) in [5, 5.41) is 6.41. The predicted octanol–water partition coefficient (Wildman–Crippen LogP) is 0.865. The Morgan fingerprint density at radius 3 is 2.59 bits per heavy atom. The summed E-state index contributed by atoms with van der Waals surface area (Å²) < 4.78 is 41.3. The van der Waals surface area contributed by atoms with Gasteiger partial charge in [-0.05, 0) is 19.1 Å². The molecule has 22 heavy (non-hydrogen) atoms. The number of benzene rings is 1. The Balaban J connectivity index is 2.09. The van der Waals surface area contributed by atoms with Crippen LogP contribution in [0.4, 0.5) is 10.2 Å². The highest BCUT2D eigenvalue weighted by atomic mass is 32.2. The predicted molar refractivity (Wildman–Crippen MR) is 78.0 cm³/mol. The first-order chi connectivity index (χ1) is 10.3. The van der Waals surface area contributed by atoms with Crippen LogP contribution in [0.3, 0.4) is 0 Å². The van der Waals surface area contributed by atoms with Gasteiger partial charge in [-0.3, -0.25) is 9.48 Å². The molecule has 1 aromatic heterocycles. The van der Waals surface area contributed by atoms with Crippen LogP contribution in [-0.4, -0.2) is 30.1 Å². The van der Waals surface area contributed by atoms with Gasteiger partial charge in [-0.1, -0.05) is 12.1 Å². The van der Waals surface area contributed by atoms with E-state index in [1.54, 1.807) is 19.3 Å². The Morgan fingerprint density at radius 2 is 2.00 bits per heavy atom.